The molecular formula is C18H24ClF3N2O3. The van der Waals surface area contributed by atoms with Gasteiger partial charge in [0.05, 0.1) is 16.3 Å². The molecule has 0 radical (unpaired) electrons. The lowest BCUT2D eigenvalue weighted by molar-refractivity contribution is -0.150. The number of benzene rings is 1. The van der Waals surface area contributed by atoms with Crippen molar-refractivity contribution < 1.29 is 27.5 Å². The van der Waals surface area contributed by atoms with E-state index in [9.17, 15) is 22.8 Å². The smallest absolute Gasteiger partial charge is 0.416 e. The van der Waals surface area contributed by atoms with Crippen LogP contribution in [0.15, 0.2) is 18.2 Å². The van der Waals surface area contributed by atoms with Crippen molar-refractivity contribution in [2.24, 2.45) is 5.92 Å². The molecule has 0 saturated carbocycles. The molecule has 152 valence electrons. The summed E-state index contributed by atoms with van der Waals surface area (Å²) in [5, 5.41) is 5.28. The quantitative estimate of drug-likeness (QED) is 0.690. The SMILES string of the molecule is CC(C)[C@H](Nc1ccc(C(F)(F)F)cc1Cl)C(=O)OCC(=O)NC(C)(C)C. The number of anilines is 1. The van der Waals surface area contributed by atoms with E-state index in [4.69, 9.17) is 16.3 Å². The minimum Gasteiger partial charge on any atom is -0.454 e. The summed E-state index contributed by atoms with van der Waals surface area (Å²) in [5.74, 6) is -1.42. The zero-order chi connectivity index (χ0) is 21.0. The van der Waals surface area contributed by atoms with Gasteiger partial charge in [0, 0.05) is 5.54 Å². The molecule has 0 unspecified atom stereocenters. The molecule has 1 aromatic rings. The molecule has 27 heavy (non-hydrogen) atoms. The van der Waals surface area contributed by atoms with Gasteiger partial charge in [-0.15, -0.1) is 0 Å². The summed E-state index contributed by atoms with van der Waals surface area (Å²) in [5.41, 5.74) is -1.19. The van der Waals surface area contributed by atoms with E-state index in [0.717, 1.165) is 18.2 Å². The molecule has 0 heterocycles. The zero-order valence-electron chi connectivity index (χ0n) is 15.8. The first-order chi connectivity index (χ1) is 12.2. The van der Waals surface area contributed by atoms with Crippen LogP contribution in [0.4, 0.5) is 18.9 Å². The zero-order valence-corrected chi connectivity index (χ0v) is 16.6. The Bertz CT molecular complexity index is 685. The molecule has 1 aromatic carbocycles. The van der Waals surface area contributed by atoms with Crippen molar-refractivity contribution in [1.29, 1.82) is 0 Å². The molecule has 0 aliphatic carbocycles. The van der Waals surface area contributed by atoms with Crippen LogP contribution < -0.4 is 10.6 Å². The highest BCUT2D eigenvalue weighted by Crippen LogP contribution is 2.34. The first kappa shape index (κ1) is 23.1. The predicted octanol–water partition coefficient (Wildman–Crippen LogP) is 4.25. The Morgan fingerprint density at radius 1 is 1.19 bits per heavy atom. The highest BCUT2D eigenvalue weighted by Gasteiger charge is 2.31. The summed E-state index contributed by atoms with van der Waals surface area (Å²) in [6.45, 7) is 8.37. The van der Waals surface area contributed by atoms with Crippen molar-refractivity contribution in [2.45, 2.75) is 52.4 Å². The maximum absolute atomic E-state index is 12.7. The van der Waals surface area contributed by atoms with Crippen molar-refractivity contribution in [1.82, 2.24) is 5.32 Å². The Labute approximate surface area is 161 Å². The van der Waals surface area contributed by atoms with Gasteiger partial charge in [-0.2, -0.15) is 13.2 Å². The number of ether oxygens (including phenoxy) is 1. The lowest BCUT2D eigenvalue weighted by Gasteiger charge is -2.24. The van der Waals surface area contributed by atoms with Gasteiger partial charge in [0.2, 0.25) is 0 Å². The molecule has 0 aromatic heterocycles. The molecule has 0 aliphatic heterocycles. The third-order valence-electron chi connectivity index (χ3n) is 3.39. The van der Waals surface area contributed by atoms with Crippen LogP contribution in [0.1, 0.15) is 40.2 Å². The average Bonchev–Trinajstić information content (AvgIpc) is 2.48. The highest BCUT2D eigenvalue weighted by molar-refractivity contribution is 6.33. The number of carbonyl (C=O) groups excluding carboxylic acids is 2. The fraction of sp³-hybridized carbons (Fsp3) is 0.556. The second-order valence-corrected chi connectivity index (χ2v) is 7.87. The second kappa shape index (κ2) is 8.82. The van der Waals surface area contributed by atoms with Crippen LogP contribution >= 0.6 is 11.6 Å². The van der Waals surface area contributed by atoms with Crippen LogP contribution in [-0.4, -0.2) is 30.1 Å². The number of esters is 1. The van der Waals surface area contributed by atoms with Gasteiger partial charge in [-0.3, -0.25) is 4.79 Å². The van der Waals surface area contributed by atoms with Gasteiger partial charge in [0.1, 0.15) is 6.04 Å². The monoisotopic (exact) mass is 408 g/mol. The Morgan fingerprint density at radius 3 is 2.22 bits per heavy atom. The third kappa shape index (κ3) is 7.66. The Hall–Kier alpha value is -1.96. The van der Waals surface area contributed by atoms with Crippen molar-refractivity contribution >= 4 is 29.2 Å². The van der Waals surface area contributed by atoms with E-state index in [-0.39, 0.29) is 16.6 Å². The topological polar surface area (TPSA) is 67.4 Å². The Morgan fingerprint density at radius 2 is 1.78 bits per heavy atom. The number of hydrogen-bond donors (Lipinski definition) is 2. The van der Waals surface area contributed by atoms with Crippen LogP contribution in [0.25, 0.3) is 0 Å². The summed E-state index contributed by atoms with van der Waals surface area (Å²) < 4.78 is 43.2. The minimum absolute atomic E-state index is 0.166. The lowest BCUT2D eigenvalue weighted by atomic mass is 10.0. The van der Waals surface area contributed by atoms with Gasteiger partial charge in [-0.1, -0.05) is 25.4 Å². The predicted molar refractivity (Wildman–Crippen MR) is 97.6 cm³/mol. The summed E-state index contributed by atoms with van der Waals surface area (Å²) >= 11 is 5.91. The molecule has 5 nitrogen and oxygen atoms in total. The number of amides is 1. The molecular weight excluding hydrogens is 385 g/mol. The number of nitrogens with one attached hydrogen (secondary N) is 2. The molecule has 9 heteroatoms. The van der Waals surface area contributed by atoms with Gasteiger partial charge in [-0.25, -0.2) is 4.79 Å². The highest BCUT2D eigenvalue weighted by atomic mass is 35.5. The molecule has 0 saturated heterocycles. The van der Waals surface area contributed by atoms with Gasteiger partial charge in [-0.05, 0) is 44.9 Å². The van der Waals surface area contributed by atoms with Gasteiger partial charge < -0.3 is 15.4 Å². The maximum Gasteiger partial charge on any atom is 0.416 e. The largest absolute Gasteiger partial charge is 0.454 e. The number of hydrogen-bond acceptors (Lipinski definition) is 4. The first-order valence-electron chi connectivity index (χ1n) is 8.31. The van der Waals surface area contributed by atoms with Crippen LogP contribution in [0.5, 0.6) is 0 Å². The number of rotatable bonds is 6. The van der Waals surface area contributed by atoms with E-state index in [1.54, 1.807) is 34.6 Å². The number of halogens is 4. The molecule has 1 atom stereocenters. The Kier molecular flexibility index (Phi) is 7.54. The normalized spacial score (nSPS) is 13.3. The summed E-state index contributed by atoms with van der Waals surface area (Å²) in [6.07, 6.45) is -4.51. The second-order valence-electron chi connectivity index (χ2n) is 7.46. The molecule has 2 N–H and O–H groups in total. The molecule has 0 bridgehead atoms. The minimum atomic E-state index is -4.51. The van der Waals surface area contributed by atoms with E-state index in [1.165, 1.54) is 0 Å². The molecule has 0 fully saturated rings. The van der Waals surface area contributed by atoms with Crippen LogP contribution in [-0.2, 0) is 20.5 Å². The van der Waals surface area contributed by atoms with E-state index in [0.29, 0.717) is 0 Å². The van der Waals surface area contributed by atoms with E-state index < -0.39 is 41.8 Å². The van der Waals surface area contributed by atoms with Crippen molar-refractivity contribution in [3.8, 4) is 0 Å². The Balaban J connectivity index is 2.82. The van der Waals surface area contributed by atoms with E-state index >= 15 is 0 Å². The van der Waals surface area contributed by atoms with Crippen molar-refractivity contribution in [3.63, 3.8) is 0 Å². The van der Waals surface area contributed by atoms with Gasteiger partial charge in [0.25, 0.3) is 5.91 Å². The standard InChI is InChI=1S/C18H24ClF3N2O3/c1-10(2)15(16(26)27-9-14(25)24-17(3,4)5)23-13-7-6-11(8-12(13)19)18(20,21)22/h6-8,10,15,23H,9H2,1-5H3,(H,24,25)/t15-/m0/s1. The summed E-state index contributed by atoms with van der Waals surface area (Å²) in [4.78, 5) is 24.1. The summed E-state index contributed by atoms with van der Waals surface area (Å²) in [6, 6.07) is 1.92. The number of carbonyl (C=O) groups is 2. The lowest BCUT2D eigenvalue weighted by Crippen LogP contribution is -2.44. The van der Waals surface area contributed by atoms with Crippen LogP contribution in [0.3, 0.4) is 0 Å². The maximum atomic E-state index is 12.7. The van der Waals surface area contributed by atoms with Crippen LogP contribution in [0.2, 0.25) is 5.02 Å². The summed E-state index contributed by atoms with van der Waals surface area (Å²) in [7, 11) is 0. The molecule has 1 rings (SSSR count). The average molecular weight is 409 g/mol. The molecule has 0 spiro atoms. The fourth-order valence-electron chi connectivity index (χ4n) is 2.15. The van der Waals surface area contributed by atoms with Crippen molar-refractivity contribution in [3.05, 3.63) is 28.8 Å². The van der Waals surface area contributed by atoms with E-state index in [1.807, 2.05) is 0 Å². The first-order valence-corrected chi connectivity index (χ1v) is 8.69. The number of alkyl halides is 3. The van der Waals surface area contributed by atoms with Gasteiger partial charge in [0.15, 0.2) is 6.61 Å². The van der Waals surface area contributed by atoms with Gasteiger partial charge >= 0.3 is 12.1 Å². The third-order valence-corrected chi connectivity index (χ3v) is 3.70. The molecule has 1 amide bonds. The molecule has 0 aliphatic rings. The van der Waals surface area contributed by atoms with Crippen molar-refractivity contribution in [2.75, 3.05) is 11.9 Å². The fourth-order valence-corrected chi connectivity index (χ4v) is 2.39. The van der Waals surface area contributed by atoms with E-state index in [2.05, 4.69) is 10.6 Å². The van der Waals surface area contributed by atoms with Crippen LogP contribution in [0, 0.1) is 5.92 Å².